The van der Waals surface area contributed by atoms with Crippen molar-refractivity contribution in [3.05, 3.63) is 59.9 Å². The molecule has 0 radical (unpaired) electrons. The number of ether oxygens (including phenoxy) is 2. The number of carbonyl (C=O) groups is 2. The van der Waals surface area contributed by atoms with Gasteiger partial charge >= 0.3 is 5.97 Å². The van der Waals surface area contributed by atoms with Crippen LogP contribution in [0.25, 0.3) is 0 Å². The molecule has 1 aliphatic heterocycles. The summed E-state index contributed by atoms with van der Waals surface area (Å²) in [7, 11) is 1.61. The Kier molecular flexibility index (Phi) is 5.44. The molecule has 0 spiro atoms. The second-order valence-electron chi connectivity index (χ2n) is 7.20. The van der Waals surface area contributed by atoms with Crippen LogP contribution in [-0.2, 0) is 27.4 Å². The number of nitrogens with zero attached hydrogens (tertiary/aromatic N) is 2. The highest BCUT2D eigenvalue weighted by Gasteiger charge is 2.47. The Balaban J connectivity index is 1.89. The van der Waals surface area contributed by atoms with E-state index in [1.807, 2.05) is 36.4 Å². The summed E-state index contributed by atoms with van der Waals surface area (Å²) >= 11 is 0. The van der Waals surface area contributed by atoms with Crippen LogP contribution in [0.3, 0.4) is 0 Å². The first kappa shape index (κ1) is 18.9. The second kappa shape index (κ2) is 7.78. The van der Waals surface area contributed by atoms with Crippen molar-refractivity contribution >= 4 is 11.9 Å². The summed E-state index contributed by atoms with van der Waals surface area (Å²) in [5.74, 6) is -0.242. The molecule has 0 aliphatic carbocycles. The number of benzene rings is 1. The lowest BCUT2D eigenvalue weighted by molar-refractivity contribution is -0.149. The molecule has 1 saturated heterocycles. The highest BCUT2D eigenvalue weighted by Crippen LogP contribution is 2.35. The van der Waals surface area contributed by atoms with Gasteiger partial charge in [0.15, 0.2) is 0 Å². The van der Waals surface area contributed by atoms with Crippen LogP contribution in [-0.4, -0.2) is 34.5 Å². The van der Waals surface area contributed by atoms with Crippen molar-refractivity contribution in [2.75, 3.05) is 7.11 Å². The predicted octanol–water partition coefficient (Wildman–Crippen LogP) is 2.96. The van der Waals surface area contributed by atoms with E-state index in [0.29, 0.717) is 13.1 Å². The molecule has 0 N–H and O–H groups in total. The normalized spacial score (nSPS) is 18.0. The smallest absolute Gasteiger partial charge is 0.307 e. The number of para-hydroxylation sites is 1. The molecule has 0 unspecified atom stereocenters. The van der Waals surface area contributed by atoms with E-state index in [1.54, 1.807) is 38.3 Å². The van der Waals surface area contributed by atoms with Gasteiger partial charge in [-0.15, -0.1) is 0 Å². The average molecular weight is 368 g/mol. The van der Waals surface area contributed by atoms with E-state index in [9.17, 15) is 9.59 Å². The van der Waals surface area contributed by atoms with Gasteiger partial charge in [0.05, 0.1) is 19.4 Å². The number of rotatable bonds is 6. The molecule has 1 aromatic carbocycles. The van der Waals surface area contributed by atoms with Gasteiger partial charge < -0.3 is 14.4 Å². The number of pyridine rings is 1. The highest BCUT2D eigenvalue weighted by atomic mass is 16.6. The summed E-state index contributed by atoms with van der Waals surface area (Å²) in [5, 5.41) is 0. The zero-order valence-electron chi connectivity index (χ0n) is 15.8. The quantitative estimate of drug-likeness (QED) is 0.733. The van der Waals surface area contributed by atoms with Gasteiger partial charge in [-0.05, 0) is 31.5 Å². The third kappa shape index (κ3) is 4.27. The summed E-state index contributed by atoms with van der Waals surface area (Å²) < 4.78 is 10.8. The van der Waals surface area contributed by atoms with Crippen molar-refractivity contribution < 1.29 is 19.1 Å². The van der Waals surface area contributed by atoms with Gasteiger partial charge in [0.25, 0.3) is 0 Å². The van der Waals surface area contributed by atoms with Gasteiger partial charge in [-0.25, -0.2) is 0 Å². The Morgan fingerprint density at radius 1 is 1.26 bits per heavy atom. The minimum atomic E-state index is -0.817. The zero-order valence-corrected chi connectivity index (χ0v) is 15.8. The average Bonchev–Trinajstić information content (AvgIpc) is 2.94. The van der Waals surface area contributed by atoms with E-state index in [0.717, 1.165) is 16.9 Å². The SMILES string of the molecule is COc1ccccc1CN(Cc1cccnc1)C(=O)[C@H]1CC(=O)OC1(C)C. The van der Waals surface area contributed by atoms with E-state index < -0.39 is 11.5 Å². The molecule has 2 aromatic rings. The van der Waals surface area contributed by atoms with Gasteiger partial charge in [-0.1, -0.05) is 24.3 Å². The Morgan fingerprint density at radius 2 is 2.04 bits per heavy atom. The van der Waals surface area contributed by atoms with Gasteiger partial charge in [0.1, 0.15) is 11.4 Å². The zero-order chi connectivity index (χ0) is 19.4. The minimum absolute atomic E-state index is 0.0985. The lowest BCUT2D eigenvalue weighted by Crippen LogP contribution is -2.42. The first-order valence-electron chi connectivity index (χ1n) is 8.92. The van der Waals surface area contributed by atoms with Gasteiger partial charge in [0, 0.05) is 31.0 Å². The van der Waals surface area contributed by atoms with E-state index in [-0.39, 0.29) is 18.3 Å². The number of methoxy groups -OCH3 is 1. The summed E-state index contributed by atoms with van der Waals surface area (Å²) in [6.07, 6.45) is 3.54. The van der Waals surface area contributed by atoms with Crippen molar-refractivity contribution in [1.82, 2.24) is 9.88 Å². The third-order valence-electron chi connectivity index (χ3n) is 4.85. The van der Waals surface area contributed by atoms with Crippen LogP contribution in [0.1, 0.15) is 31.4 Å². The Morgan fingerprint density at radius 3 is 2.67 bits per heavy atom. The molecule has 6 nitrogen and oxygen atoms in total. The molecular formula is C21H24N2O4. The summed E-state index contributed by atoms with van der Waals surface area (Å²) in [6, 6.07) is 11.4. The predicted molar refractivity (Wildman–Crippen MR) is 99.8 cm³/mol. The molecule has 0 saturated carbocycles. The lowest BCUT2D eigenvalue weighted by atomic mass is 9.89. The Labute approximate surface area is 159 Å². The molecule has 142 valence electrons. The van der Waals surface area contributed by atoms with E-state index in [1.165, 1.54) is 0 Å². The lowest BCUT2D eigenvalue weighted by Gasteiger charge is -2.31. The number of amides is 1. The van der Waals surface area contributed by atoms with E-state index >= 15 is 0 Å². The molecular weight excluding hydrogens is 344 g/mol. The monoisotopic (exact) mass is 368 g/mol. The van der Waals surface area contributed by atoms with Gasteiger partial charge in [-0.3, -0.25) is 14.6 Å². The fourth-order valence-corrected chi connectivity index (χ4v) is 3.39. The Hall–Kier alpha value is -2.89. The van der Waals surface area contributed by atoms with Crippen LogP contribution in [0.4, 0.5) is 0 Å². The first-order chi connectivity index (χ1) is 12.9. The number of aromatic nitrogens is 1. The number of esters is 1. The number of carbonyl (C=O) groups excluding carboxylic acids is 2. The van der Waals surface area contributed by atoms with Crippen molar-refractivity contribution in [2.45, 2.75) is 39.0 Å². The number of hydrogen-bond acceptors (Lipinski definition) is 5. The first-order valence-corrected chi connectivity index (χ1v) is 8.92. The maximum Gasteiger partial charge on any atom is 0.307 e. The van der Waals surface area contributed by atoms with Crippen molar-refractivity contribution in [3.8, 4) is 5.75 Å². The van der Waals surface area contributed by atoms with Crippen LogP contribution in [0, 0.1) is 5.92 Å². The van der Waals surface area contributed by atoms with Crippen LogP contribution >= 0.6 is 0 Å². The van der Waals surface area contributed by atoms with Gasteiger partial charge in [0.2, 0.25) is 5.91 Å². The molecule has 3 rings (SSSR count). The third-order valence-corrected chi connectivity index (χ3v) is 4.85. The molecule has 1 aromatic heterocycles. The molecule has 6 heteroatoms. The topological polar surface area (TPSA) is 68.7 Å². The minimum Gasteiger partial charge on any atom is -0.496 e. The Bertz CT molecular complexity index is 820. The van der Waals surface area contributed by atoms with E-state index in [2.05, 4.69) is 4.98 Å². The fourth-order valence-electron chi connectivity index (χ4n) is 3.39. The fraction of sp³-hybridized carbons (Fsp3) is 0.381. The molecule has 1 fully saturated rings. The van der Waals surface area contributed by atoms with Gasteiger partial charge in [-0.2, -0.15) is 0 Å². The molecule has 0 bridgehead atoms. The molecule has 1 atom stereocenters. The maximum atomic E-state index is 13.3. The van der Waals surface area contributed by atoms with Crippen LogP contribution < -0.4 is 4.74 Å². The number of cyclic esters (lactones) is 1. The van der Waals surface area contributed by atoms with Crippen LogP contribution in [0.15, 0.2) is 48.8 Å². The van der Waals surface area contributed by atoms with Crippen molar-refractivity contribution in [1.29, 1.82) is 0 Å². The maximum absolute atomic E-state index is 13.3. The molecule has 1 amide bonds. The second-order valence-corrected chi connectivity index (χ2v) is 7.20. The van der Waals surface area contributed by atoms with Crippen molar-refractivity contribution in [3.63, 3.8) is 0 Å². The highest BCUT2D eigenvalue weighted by molar-refractivity contribution is 5.87. The van der Waals surface area contributed by atoms with Crippen molar-refractivity contribution in [2.24, 2.45) is 5.92 Å². The van der Waals surface area contributed by atoms with E-state index in [4.69, 9.17) is 9.47 Å². The number of hydrogen-bond donors (Lipinski definition) is 0. The molecule has 1 aliphatic rings. The molecule has 27 heavy (non-hydrogen) atoms. The van der Waals surface area contributed by atoms with Crippen LogP contribution in [0.2, 0.25) is 0 Å². The summed E-state index contributed by atoms with van der Waals surface area (Å²) in [5.41, 5.74) is 1.01. The van der Waals surface area contributed by atoms with Crippen LogP contribution in [0.5, 0.6) is 5.75 Å². The largest absolute Gasteiger partial charge is 0.496 e. The summed E-state index contributed by atoms with van der Waals surface area (Å²) in [6.45, 7) is 4.33. The standard InChI is InChI=1S/C21H24N2O4/c1-21(2)17(11-19(24)27-21)20(25)23(13-15-7-6-10-22-12-15)14-16-8-4-5-9-18(16)26-3/h4-10,12,17H,11,13-14H2,1-3H3/t17-/m1/s1. The summed E-state index contributed by atoms with van der Waals surface area (Å²) in [4.78, 5) is 31.0. The molecule has 2 heterocycles.